The van der Waals surface area contributed by atoms with Crippen molar-refractivity contribution in [2.75, 3.05) is 30.0 Å². The zero-order valence-electron chi connectivity index (χ0n) is 40.9. The molecule has 364 valence electrons. The Bertz CT molecular complexity index is 3620. The number of nitrogens with one attached hydrogen (secondary N) is 2. The maximum Gasteiger partial charge on any atom is 0.211 e. The van der Waals surface area contributed by atoms with Crippen molar-refractivity contribution in [3.63, 3.8) is 0 Å². The predicted molar refractivity (Wildman–Crippen MR) is 290 cm³/mol. The van der Waals surface area contributed by atoms with E-state index in [0.29, 0.717) is 19.0 Å². The van der Waals surface area contributed by atoms with Gasteiger partial charge in [-0.05, 0) is 131 Å². The van der Waals surface area contributed by atoms with Gasteiger partial charge in [0, 0.05) is 123 Å². The molecule has 0 radical (unpaired) electrons. The molecular formula is C58H59N11O2S. The minimum absolute atomic E-state index is 0.0252. The fraction of sp³-hybridized carbons (Fsp3) is 0.276. The van der Waals surface area contributed by atoms with Crippen LogP contribution in [0.15, 0.2) is 159 Å². The predicted octanol–water partition coefficient (Wildman–Crippen LogP) is 11.9. The van der Waals surface area contributed by atoms with E-state index in [1.54, 1.807) is 35.3 Å². The molecule has 1 aliphatic carbocycles. The van der Waals surface area contributed by atoms with Crippen molar-refractivity contribution in [3.05, 3.63) is 170 Å². The lowest BCUT2D eigenvalue weighted by molar-refractivity contribution is 0.254. The quantitative estimate of drug-likeness (QED) is 0.128. The average molecular weight is 974 g/mol. The van der Waals surface area contributed by atoms with Crippen molar-refractivity contribution >= 4 is 65.3 Å². The molecule has 1 saturated heterocycles. The molecule has 1 aliphatic heterocycles. The second kappa shape index (κ2) is 20.3. The number of pyridine rings is 2. The highest BCUT2D eigenvalue weighted by atomic mass is 32.2. The van der Waals surface area contributed by atoms with E-state index in [1.807, 2.05) is 36.8 Å². The zero-order chi connectivity index (χ0) is 49.2. The summed E-state index contributed by atoms with van der Waals surface area (Å²) in [6.07, 6.45) is 28.0. The lowest BCUT2D eigenvalue weighted by atomic mass is 9.81. The molecule has 0 spiro atoms. The Morgan fingerprint density at radius 1 is 0.542 bits per heavy atom. The minimum Gasteiger partial charge on any atom is -0.378 e. The van der Waals surface area contributed by atoms with Gasteiger partial charge in [0.05, 0.1) is 40.4 Å². The molecular weight excluding hydrogens is 915 g/mol. The Hall–Kier alpha value is -7.55. The van der Waals surface area contributed by atoms with Crippen LogP contribution in [0.3, 0.4) is 0 Å². The first-order valence-corrected chi connectivity index (χ1v) is 26.9. The van der Waals surface area contributed by atoms with Gasteiger partial charge in [-0.15, -0.1) is 0 Å². The highest BCUT2D eigenvalue weighted by molar-refractivity contribution is 7.88. The summed E-state index contributed by atoms with van der Waals surface area (Å²) in [6, 6.07) is 34.4. The molecule has 13 nitrogen and oxygen atoms in total. The third-order valence-electron chi connectivity index (χ3n) is 14.8. The molecule has 2 N–H and O–H groups in total. The van der Waals surface area contributed by atoms with Gasteiger partial charge in [-0.3, -0.25) is 29.9 Å². The van der Waals surface area contributed by atoms with Crippen molar-refractivity contribution in [2.24, 2.45) is 25.9 Å². The maximum atomic E-state index is 12.1. The molecule has 0 amide bonds. The van der Waals surface area contributed by atoms with Crippen LogP contribution in [0.1, 0.15) is 68.2 Å². The molecule has 14 heteroatoms. The van der Waals surface area contributed by atoms with Gasteiger partial charge >= 0.3 is 0 Å². The van der Waals surface area contributed by atoms with Crippen molar-refractivity contribution in [3.8, 4) is 22.3 Å². The largest absolute Gasteiger partial charge is 0.378 e. The second-order valence-electron chi connectivity index (χ2n) is 19.5. The van der Waals surface area contributed by atoms with E-state index in [9.17, 15) is 8.42 Å². The van der Waals surface area contributed by atoms with E-state index in [-0.39, 0.29) is 18.0 Å². The average Bonchev–Trinajstić information content (AvgIpc) is 3.99. The van der Waals surface area contributed by atoms with Gasteiger partial charge < -0.3 is 19.8 Å². The van der Waals surface area contributed by atoms with Gasteiger partial charge in [-0.2, -0.15) is 0 Å². The zero-order valence-corrected chi connectivity index (χ0v) is 41.8. The summed E-state index contributed by atoms with van der Waals surface area (Å²) >= 11 is 0. The summed E-state index contributed by atoms with van der Waals surface area (Å²) in [5.41, 5.74) is 14.6. The molecule has 72 heavy (non-hydrogen) atoms. The minimum atomic E-state index is -3.19. The molecule has 6 aromatic heterocycles. The van der Waals surface area contributed by atoms with E-state index >= 15 is 0 Å². The van der Waals surface area contributed by atoms with Gasteiger partial charge in [0.2, 0.25) is 10.0 Å². The van der Waals surface area contributed by atoms with Crippen molar-refractivity contribution in [1.82, 2.24) is 43.3 Å². The number of sulfonamides is 1. The van der Waals surface area contributed by atoms with Crippen LogP contribution in [-0.2, 0) is 24.1 Å². The summed E-state index contributed by atoms with van der Waals surface area (Å²) in [5, 5.41) is 10.1. The SMILES string of the molecule is Cn1ccc2ccc(-c3cc(NC(c4cccnc4)C4CCCCC4)cc4nccnc34)cc21.Cn1ccc2ccc(-c3cc(NC(c4cccnc4)C4CCN(S(C)(=O)=O)CC4)cc4nccnc34)cc21. The van der Waals surface area contributed by atoms with E-state index in [2.05, 4.69) is 150 Å². The molecule has 10 aromatic rings. The third kappa shape index (κ3) is 9.89. The van der Waals surface area contributed by atoms with Crippen molar-refractivity contribution in [2.45, 2.75) is 57.0 Å². The van der Waals surface area contributed by atoms with Crippen molar-refractivity contribution in [1.29, 1.82) is 0 Å². The van der Waals surface area contributed by atoms with E-state index < -0.39 is 10.0 Å². The van der Waals surface area contributed by atoms with Crippen LogP contribution in [0.5, 0.6) is 0 Å². The summed E-state index contributed by atoms with van der Waals surface area (Å²) in [7, 11) is 0.949. The number of hydrogen-bond donors (Lipinski definition) is 2. The van der Waals surface area contributed by atoms with Crippen LogP contribution in [0.4, 0.5) is 11.4 Å². The van der Waals surface area contributed by atoms with E-state index in [4.69, 9.17) is 4.98 Å². The maximum absolute atomic E-state index is 12.1. The summed E-state index contributed by atoms with van der Waals surface area (Å²) in [4.78, 5) is 27.5. The monoisotopic (exact) mass is 973 g/mol. The molecule has 2 atom stereocenters. The normalized spacial score (nSPS) is 15.9. The summed E-state index contributed by atoms with van der Waals surface area (Å²) in [5.74, 6) is 0.844. The topological polar surface area (TPSA) is 149 Å². The van der Waals surface area contributed by atoms with E-state index in [0.717, 1.165) is 79.6 Å². The Balaban J connectivity index is 0.000000157. The lowest BCUT2D eigenvalue weighted by Gasteiger charge is -2.36. The fourth-order valence-corrected chi connectivity index (χ4v) is 11.9. The Morgan fingerprint density at radius 2 is 1.01 bits per heavy atom. The number of aryl methyl sites for hydroxylation is 2. The van der Waals surface area contributed by atoms with Crippen LogP contribution in [0, 0.1) is 11.8 Å². The first-order valence-electron chi connectivity index (χ1n) is 25.0. The van der Waals surface area contributed by atoms with Gasteiger partial charge in [-0.1, -0.05) is 55.7 Å². The first-order chi connectivity index (χ1) is 35.1. The molecule has 0 bridgehead atoms. The van der Waals surface area contributed by atoms with Crippen LogP contribution >= 0.6 is 0 Å². The summed E-state index contributed by atoms with van der Waals surface area (Å²) < 4.78 is 30.0. The summed E-state index contributed by atoms with van der Waals surface area (Å²) in [6.45, 7) is 1.04. The van der Waals surface area contributed by atoms with Gasteiger partial charge in [-0.25, -0.2) is 12.7 Å². The Kier molecular flexibility index (Phi) is 13.2. The Labute approximate surface area is 420 Å². The van der Waals surface area contributed by atoms with Crippen LogP contribution in [0.25, 0.3) is 66.1 Å². The van der Waals surface area contributed by atoms with Gasteiger partial charge in [0.1, 0.15) is 0 Å². The molecule has 4 aromatic carbocycles. The molecule has 7 heterocycles. The number of anilines is 2. The molecule has 12 rings (SSSR count). The highest BCUT2D eigenvalue weighted by Gasteiger charge is 2.32. The van der Waals surface area contributed by atoms with Gasteiger partial charge in [0.25, 0.3) is 0 Å². The second-order valence-corrected chi connectivity index (χ2v) is 21.5. The first kappa shape index (κ1) is 46.8. The Morgan fingerprint density at radius 3 is 1.47 bits per heavy atom. The standard InChI is InChI=1S/C29H30N6O2S.C29H29N5/c1-34-13-7-20-5-6-22(16-27(20)34)25-17-24(18-26-29(25)32-12-11-31-26)33-28(23-4-3-10-30-19-23)21-8-14-35(15-9-21)38(2,36)37;1-34-15-11-20-9-10-22(16-27(20)34)25-17-24(18-26-29(25)32-14-13-31-26)33-28(21-6-3-2-4-7-21)23-8-5-12-30-19-23/h3-7,10-13,16-19,21,28,33H,8-9,14-15H2,1-2H3;5,8-19,21,28,33H,2-4,6-7H2,1H3. The number of hydrogen-bond acceptors (Lipinski definition) is 10. The number of benzene rings is 4. The highest BCUT2D eigenvalue weighted by Crippen LogP contribution is 2.40. The van der Waals surface area contributed by atoms with Crippen LogP contribution < -0.4 is 10.6 Å². The van der Waals surface area contributed by atoms with Crippen LogP contribution in [0.2, 0.25) is 0 Å². The van der Waals surface area contributed by atoms with Crippen LogP contribution in [-0.4, -0.2) is 71.1 Å². The third-order valence-corrected chi connectivity index (χ3v) is 16.1. The number of piperidine rings is 1. The van der Waals surface area contributed by atoms with Crippen molar-refractivity contribution < 1.29 is 8.42 Å². The number of nitrogens with zero attached hydrogens (tertiary/aromatic N) is 9. The lowest BCUT2D eigenvalue weighted by Crippen LogP contribution is -2.40. The molecule has 1 saturated carbocycles. The smallest absolute Gasteiger partial charge is 0.211 e. The fourth-order valence-electron chi connectivity index (χ4n) is 11.1. The molecule has 2 fully saturated rings. The van der Waals surface area contributed by atoms with E-state index in [1.165, 1.54) is 60.2 Å². The number of aromatic nitrogens is 8. The number of rotatable bonds is 11. The molecule has 2 aliphatic rings. The van der Waals surface area contributed by atoms with Gasteiger partial charge in [0.15, 0.2) is 0 Å². The molecule has 2 unspecified atom stereocenters. The number of fused-ring (bicyclic) bond motifs is 4.